The second-order valence-corrected chi connectivity index (χ2v) is 5.87. The standard InChI is InChI=1S/C14H23N3S/c1-2-18-14-5-3-13(4-6-14)11-16-12-17-9-7-15-8-10-17/h3-6,15-16H,2,7-12H2,1H3. The smallest absolute Gasteiger partial charge is 0.0484 e. The van der Waals surface area contributed by atoms with Gasteiger partial charge in [-0.2, -0.15) is 0 Å². The summed E-state index contributed by atoms with van der Waals surface area (Å²) in [7, 11) is 0. The molecule has 3 nitrogen and oxygen atoms in total. The number of thioether (sulfide) groups is 1. The molecule has 1 aliphatic rings. The van der Waals surface area contributed by atoms with E-state index in [1.165, 1.54) is 10.5 Å². The van der Waals surface area contributed by atoms with Crippen molar-refractivity contribution in [1.82, 2.24) is 15.5 Å². The van der Waals surface area contributed by atoms with E-state index in [0.717, 1.165) is 45.1 Å². The molecule has 1 aromatic rings. The van der Waals surface area contributed by atoms with Crippen molar-refractivity contribution in [3.05, 3.63) is 29.8 Å². The van der Waals surface area contributed by atoms with Crippen LogP contribution in [0.2, 0.25) is 0 Å². The van der Waals surface area contributed by atoms with Gasteiger partial charge in [-0.05, 0) is 23.4 Å². The zero-order valence-electron chi connectivity index (χ0n) is 11.1. The van der Waals surface area contributed by atoms with Crippen LogP contribution in [0, 0.1) is 0 Å². The van der Waals surface area contributed by atoms with E-state index in [0.29, 0.717) is 0 Å². The van der Waals surface area contributed by atoms with E-state index in [1.807, 2.05) is 11.8 Å². The van der Waals surface area contributed by atoms with E-state index < -0.39 is 0 Å². The highest BCUT2D eigenvalue weighted by Gasteiger charge is 2.07. The van der Waals surface area contributed by atoms with E-state index >= 15 is 0 Å². The molecule has 0 bridgehead atoms. The van der Waals surface area contributed by atoms with Crippen LogP contribution in [0.1, 0.15) is 12.5 Å². The van der Waals surface area contributed by atoms with Crippen LogP contribution in [0.25, 0.3) is 0 Å². The SMILES string of the molecule is CCSc1ccc(CNCN2CCNCC2)cc1. The summed E-state index contributed by atoms with van der Waals surface area (Å²) in [4.78, 5) is 3.82. The van der Waals surface area contributed by atoms with Gasteiger partial charge in [0.15, 0.2) is 0 Å². The first-order valence-electron chi connectivity index (χ1n) is 6.74. The molecule has 2 rings (SSSR count). The Kier molecular flexibility index (Phi) is 6.00. The van der Waals surface area contributed by atoms with Gasteiger partial charge in [0.2, 0.25) is 0 Å². The van der Waals surface area contributed by atoms with Crippen LogP contribution in [0.4, 0.5) is 0 Å². The van der Waals surface area contributed by atoms with Gasteiger partial charge < -0.3 is 10.6 Å². The number of hydrogen-bond donors (Lipinski definition) is 2. The summed E-state index contributed by atoms with van der Waals surface area (Å²) in [5.74, 6) is 1.14. The van der Waals surface area contributed by atoms with E-state index in [-0.39, 0.29) is 0 Å². The Labute approximate surface area is 114 Å². The van der Waals surface area contributed by atoms with Crippen LogP contribution in [-0.2, 0) is 6.54 Å². The minimum atomic E-state index is 0.959. The Morgan fingerprint density at radius 3 is 2.61 bits per heavy atom. The van der Waals surface area contributed by atoms with Crippen LogP contribution in [0.15, 0.2) is 29.2 Å². The molecule has 4 heteroatoms. The van der Waals surface area contributed by atoms with Crippen molar-refractivity contribution >= 4 is 11.8 Å². The molecule has 0 spiro atoms. The van der Waals surface area contributed by atoms with Crippen LogP contribution in [-0.4, -0.2) is 43.5 Å². The van der Waals surface area contributed by atoms with Crippen molar-refractivity contribution in [1.29, 1.82) is 0 Å². The van der Waals surface area contributed by atoms with Crippen molar-refractivity contribution in [3.8, 4) is 0 Å². The lowest BCUT2D eigenvalue weighted by atomic mass is 10.2. The highest BCUT2D eigenvalue weighted by molar-refractivity contribution is 7.99. The highest BCUT2D eigenvalue weighted by Crippen LogP contribution is 2.17. The Bertz CT molecular complexity index is 333. The fourth-order valence-electron chi connectivity index (χ4n) is 2.10. The topological polar surface area (TPSA) is 27.3 Å². The molecule has 100 valence electrons. The van der Waals surface area contributed by atoms with Gasteiger partial charge in [-0.25, -0.2) is 0 Å². The van der Waals surface area contributed by atoms with Crippen LogP contribution < -0.4 is 10.6 Å². The molecule has 0 atom stereocenters. The van der Waals surface area contributed by atoms with Gasteiger partial charge in [0.25, 0.3) is 0 Å². The zero-order chi connectivity index (χ0) is 12.6. The minimum Gasteiger partial charge on any atom is -0.314 e. The molecular weight excluding hydrogens is 242 g/mol. The lowest BCUT2D eigenvalue weighted by Gasteiger charge is -2.27. The molecule has 2 N–H and O–H groups in total. The number of nitrogens with zero attached hydrogens (tertiary/aromatic N) is 1. The van der Waals surface area contributed by atoms with Crippen molar-refractivity contribution in [2.45, 2.75) is 18.4 Å². The molecule has 0 aromatic heterocycles. The van der Waals surface area contributed by atoms with Gasteiger partial charge in [0.1, 0.15) is 0 Å². The molecule has 0 radical (unpaired) electrons. The van der Waals surface area contributed by atoms with Gasteiger partial charge in [0.05, 0.1) is 0 Å². The lowest BCUT2D eigenvalue weighted by molar-refractivity contribution is 0.223. The molecule has 1 saturated heterocycles. The van der Waals surface area contributed by atoms with Gasteiger partial charge in [-0.3, -0.25) is 4.90 Å². The van der Waals surface area contributed by atoms with Crippen LogP contribution >= 0.6 is 11.8 Å². The van der Waals surface area contributed by atoms with E-state index in [2.05, 4.69) is 46.7 Å². The normalized spacial score (nSPS) is 16.9. The first-order valence-corrected chi connectivity index (χ1v) is 7.72. The van der Waals surface area contributed by atoms with E-state index in [4.69, 9.17) is 0 Å². The Morgan fingerprint density at radius 1 is 1.22 bits per heavy atom. The number of hydrogen-bond acceptors (Lipinski definition) is 4. The molecule has 0 unspecified atom stereocenters. The average molecular weight is 265 g/mol. The maximum Gasteiger partial charge on any atom is 0.0484 e. The van der Waals surface area contributed by atoms with E-state index in [9.17, 15) is 0 Å². The number of rotatable bonds is 6. The quantitative estimate of drug-likeness (QED) is 0.766. The predicted molar refractivity (Wildman–Crippen MR) is 79.0 cm³/mol. The van der Waals surface area contributed by atoms with Gasteiger partial charge in [-0.1, -0.05) is 19.1 Å². The Balaban J connectivity index is 1.69. The van der Waals surface area contributed by atoms with E-state index in [1.54, 1.807) is 0 Å². The van der Waals surface area contributed by atoms with Gasteiger partial charge in [-0.15, -0.1) is 11.8 Å². The molecule has 1 aliphatic heterocycles. The summed E-state index contributed by atoms with van der Waals surface area (Å²) in [6.45, 7) is 8.68. The molecule has 18 heavy (non-hydrogen) atoms. The molecule has 0 amide bonds. The largest absolute Gasteiger partial charge is 0.314 e. The monoisotopic (exact) mass is 265 g/mol. The summed E-state index contributed by atoms with van der Waals surface area (Å²) in [6, 6.07) is 8.89. The average Bonchev–Trinajstić information content (AvgIpc) is 2.42. The maximum absolute atomic E-state index is 3.51. The first kappa shape index (κ1) is 13.9. The summed E-state index contributed by atoms with van der Waals surface area (Å²) >= 11 is 1.89. The van der Waals surface area contributed by atoms with Gasteiger partial charge in [0, 0.05) is 44.3 Å². The van der Waals surface area contributed by atoms with Crippen LogP contribution in [0.3, 0.4) is 0 Å². The van der Waals surface area contributed by atoms with Gasteiger partial charge >= 0.3 is 0 Å². The molecule has 0 saturated carbocycles. The highest BCUT2D eigenvalue weighted by atomic mass is 32.2. The summed E-state index contributed by atoms with van der Waals surface area (Å²) in [6.07, 6.45) is 0. The van der Waals surface area contributed by atoms with Crippen molar-refractivity contribution in [3.63, 3.8) is 0 Å². The lowest BCUT2D eigenvalue weighted by Crippen LogP contribution is -2.46. The molecular formula is C14H23N3S. The fraction of sp³-hybridized carbons (Fsp3) is 0.571. The molecule has 1 aromatic carbocycles. The second kappa shape index (κ2) is 7.79. The Morgan fingerprint density at radius 2 is 1.94 bits per heavy atom. The number of piperazine rings is 1. The third-order valence-electron chi connectivity index (χ3n) is 3.11. The third-order valence-corrected chi connectivity index (χ3v) is 4.00. The molecule has 1 heterocycles. The molecule has 1 fully saturated rings. The second-order valence-electron chi connectivity index (χ2n) is 4.53. The number of nitrogens with one attached hydrogen (secondary N) is 2. The first-order chi connectivity index (χ1) is 8.88. The van der Waals surface area contributed by atoms with Crippen molar-refractivity contribution in [2.24, 2.45) is 0 Å². The predicted octanol–water partition coefficient (Wildman–Crippen LogP) is 1.75. The van der Waals surface area contributed by atoms with Crippen molar-refractivity contribution in [2.75, 3.05) is 38.6 Å². The maximum atomic E-state index is 3.51. The number of benzene rings is 1. The van der Waals surface area contributed by atoms with Crippen molar-refractivity contribution < 1.29 is 0 Å². The zero-order valence-corrected chi connectivity index (χ0v) is 11.9. The summed E-state index contributed by atoms with van der Waals surface area (Å²) < 4.78 is 0. The minimum absolute atomic E-state index is 0.959. The third kappa shape index (κ3) is 4.61. The Hall–Kier alpha value is -0.550. The molecule has 0 aliphatic carbocycles. The summed E-state index contributed by atoms with van der Waals surface area (Å²) in [5, 5.41) is 6.88. The van der Waals surface area contributed by atoms with Crippen LogP contribution in [0.5, 0.6) is 0 Å². The summed E-state index contributed by atoms with van der Waals surface area (Å²) in [5.41, 5.74) is 1.37. The fourth-order valence-corrected chi connectivity index (χ4v) is 2.76.